The summed E-state index contributed by atoms with van der Waals surface area (Å²) in [5, 5.41) is 0. The molecule has 0 spiro atoms. The smallest absolute Gasteiger partial charge is 0.351 e. The van der Waals surface area contributed by atoms with Gasteiger partial charge in [-0.15, -0.1) is 0 Å². The molecule has 0 aliphatic carbocycles. The fourth-order valence-corrected chi connectivity index (χ4v) is 3.61. The molecule has 0 fully saturated rings. The Kier molecular flexibility index (Phi) is 12.3. The first-order chi connectivity index (χ1) is 10.5. The van der Waals surface area contributed by atoms with Gasteiger partial charge in [0.15, 0.2) is 0 Å². The summed E-state index contributed by atoms with van der Waals surface area (Å²) in [6.45, 7) is 11.1. The molecule has 0 aromatic heterocycles. The molecule has 0 amide bonds. The Morgan fingerprint density at radius 1 is 0.909 bits per heavy atom. The van der Waals surface area contributed by atoms with Gasteiger partial charge in [0.25, 0.3) is 0 Å². The van der Waals surface area contributed by atoms with Crippen LogP contribution < -0.4 is 5.73 Å². The van der Waals surface area contributed by atoms with Crippen molar-refractivity contribution in [2.75, 3.05) is 19.8 Å². The van der Waals surface area contributed by atoms with E-state index in [1.54, 1.807) is 0 Å². The summed E-state index contributed by atoms with van der Waals surface area (Å²) in [6, 6.07) is 10.3. The number of hydrogen-bond donors (Lipinski definition) is 1. The van der Waals surface area contributed by atoms with Gasteiger partial charge in [0.05, 0.1) is 0 Å². The minimum atomic E-state index is -3.00. The number of nitrogens with two attached hydrogens (primary N) is 1. The number of hydrogen-bond acceptors (Lipinski definition) is 5. The molecular weight excluding hydrogens is 298 g/mol. The van der Waals surface area contributed by atoms with Gasteiger partial charge in [0, 0.05) is 19.8 Å². The standard InChI is InChI=1S/C9H23NO4Si.C7H8/c1-5-9(10)14-15(11-6-2,12-7-3)13-8-4;1-7-5-3-2-4-6-7/h9H,5-8,10H2,1-4H3;2-6H,1H3. The van der Waals surface area contributed by atoms with E-state index in [4.69, 9.17) is 23.4 Å². The van der Waals surface area contributed by atoms with Crippen LogP contribution in [0.15, 0.2) is 30.3 Å². The Bertz CT molecular complexity index is 347. The number of rotatable bonds is 9. The van der Waals surface area contributed by atoms with Crippen LogP contribution in [0, 0.1) is 6.92 Å². The topological polar surface area (TPSA) is 62.9 Å². The summed E-state index contributed by atoms with van der Waals surface area (Å²) in [6.07, 6.45) is 0.295. The Morgan fingerprint density at radius 3 is 1.64 bits per heavy atom. The lowest BCUT2D eigenvalue weighted by Crippen LogP contribution is -2.53. The van der Waals surface area contributed by atoms with Gasteiger partial charge < -0.3 is 23.4 Å². The molecule has 128 valence electrons. The SMILES string of the molecule is CCO[Si](OCC)(OCC)OC(N)CC.Cc1ccccc1. The lowest BCUT2D eigenvalue weighted by atomic mass is 10.2. The van der Waals surface area contributed by atoms with Crippen molar-refractivity contribution < 1.29 is 17.7 Å². The van der Waals surface area contributed by atoms with Gasteiger partial charge in [-0.05, 0) is 34.1 Å². The molecular formula is C16H31NO4Si. The molecule has 2 N–H and O–H groups in total. The van der Waals surface area contributed by atoms with Crippen LogP contribution in [0.1, 0.15) is 39.7 Å². The van der Waals surface area contributed by atoms with E-state index in [0.29, 0.717) is 26.2 Å². The maximum absolute atomic E-state index is 5.72. The van der Waals surface area contributed by atoms with Gasteiger partial charge in [-0.2, -0.15) is 0 Å². The zero-order chi connectivity index (χ0) is 16.8. The van der Waals surface area contributed by atoms with E-state index < -0.39 is 15.3 Å². The van der Waals surface area contributed by atoms with Gasteiger partial charge in [-0.1, -0.05) is 42.8 Å². The van der Waals surface area contributed by atoms with E-state index in [2.05, 4.69) is 19.1 Å². The number of benzene rings is 1. The predicted octanol–water partition coefficient (Wildman–Crippen LogP) is 3.24. The van der Waals surface area contributed by atoms with Crippen molar-refractivity contribution in [3.63, 3.8) is 0 Å². The largest absolute Gasteiger partial charge is 0.680 e. The Hall–Kier alpha value is -0.763. The highest BCUT2D eigenvalue weighted by Crippen LogP contribution is 2.14. The lowest BCUT2D eigenvalue weighted by Gasteiger charge is -2.29. The molecule has 0 saturated heterocycles. The lowest BCUT2D eigenvalue weighted by molar-refractivity contribution is -0.0494. The first-order valence-electron chi connectivity index (χ1n) is 7.90. The third-order valence-electron chi connectivity index (χ3n) is 2.60. The molecule has 0 saturated carbocycles. The van der Waals surface area contributed by atoms with Crippen molar-refractivity contribution in [3.8, 4) is 0 Å². The van der Waals surface area contributed by atoms with Crippen molar-refractivity contribution in [2.45, 2.75) is 47.3 Å². The molecule has 22 heavy (non-hydrogen) atoms. The first-order valence-corrected chi connectivity index (χ1v) is 9.53. The fourth-order valence-electron chi connectivity index (χ4n) is 1.56. The average Bonchev–Trinajstić information content (AvgIpc) is 2.49. The molecule has 1 aromatic rings. The van der Waals surface area contributed by atoms with Crippen molar-refractivity contribution in [3.05, 3.63) is 35.9 Å². The van der Waals surface area contributed by atoms with E-state index >= 15 is 0 Å². The van der Waals surface area contributed by atoms with E-state index in [1.807, 2.05) is 45.9 Å². The van der Waals surface area contributed by atoms with Gasteiger partial charge in [0.2, 0.25) is 0 Å². The second-order valence-electron chi connectivity index (χ2n) is 4.52. The highest BCUT2D eigenvalue weighted by Gasteiger charge is 2.46. The highest BCUT2D eigenvalue weighted by atomic mass is 28.4. The van der Waals surface area contributed by atoms with Crippen molar-refractivity contribution in [1.82, 2.24) is 0 Å². The van der Waals surface area contributed by atoms with Crippen molar-refractivity contribution >= 4 is 9.05 Å². The van der Waals surface area contributed by atoms with Crippen LogP contribution in [0.3, 0.4) is 0 Å². The number of aryl methyl sites for hydroxylation is 1. The van der Waals surface area contributed by atoms with Gasteiger partial charge >= 0.3 is 9.05 Å². The van der Waals surface area contributed by atoms with Crippen LogP contribution in [-0.2, 0) is 17.7 Å². The van der Waals surface area contributed by atoms with Crippen LogP contribution in [0.2, 0.25) is 0 Å². The summed E-state index contributed by atoms with van der Waals surface area (Å²) < 4.78 is 22.0. The van der Waals surface area contributed by atoms with Crippen LogP contribution in [0.4, 0.5) is 0 Å². The minimum Gasteiger partial charge on any atom is -0.351 e. The van der Waals surface area contributed by atoms with E-state index in [0.717, 1.165) is 0 Å². The zero-order valence-electron chi connectivity index (χ0n) is 14.5. The van der Waals surface area contributed by atoms with Crippen LogP contribution in [-0.4, -0.2) is 35.1 Å². The molecule has 6 heteroatoms. The Balaban J connectivity index is 0.000000518. The maximum atomic E-state index is 5.72. The average molecular weight is 330 g/mol. The summed E-state index contributed by atoms with van der Waals surface area (Å²) in [7, 11) is -3.00. The van der Waals surface area contributed by atoms with Gasteiger partial charge in [-0.3, -0.25) is 0 Å². The molecule has 5 nitrogen and oxygen atoms in total. The van der Waals surface area contributed by atoms with E-state index in [9.17, 15) is 0 Å². The molecule has 0 heterocycles. The maximum Gasteiger partial charge on any atom is 0.680 e. The quantitative estimate of drug-likeness (QED) is 0.556. The normalized spacial score (nSPS) is 12.5. The van der Waals surface area contributed by atoms with Gasteiger partial charge in [0.1, 0.15) is 6.23 Å². The van der Waals surface area contributed by atoms with Crippen LogP contribution in [0.5, 0.6) is 0 Å². The van der Waals surface area contributed by atoms with Crippen LogP contribution in [0.25, 0.3) is 0 Å². The fraction of sp³-hybridized carbons (Fsp3) is 0.625. The summed E-state index contributed by atoms with van der Waals surface area (Å²) in [5.41, 5.74) is 7.04. The van der Waals surface area contributed by atoms with E-state index in [-0.39, 0.29) is 0 Å². The van der Waals surface area contributed by atoms with Crippen molar-refractivity contribution in [1.29, 1.82) is 0 Å². The molecule has 1 aromatic carbocycles. The minimum absolute atomic E-state index is 0.402. The molecule has 0 aliphatic heterocycles. The zero-order valence-corrected chi connectivity index (χ0v) is 15.5. The summed E-state index contributed by atoms with van der Waals surface area (Å²) >= 11 is 0. The Morgan fingerprint density at radius 2 is 1.36 bits per heavy atom. The summed E-state index contributed by atoms with van der Waals surface area (Å²) in [5.74, 6) is 0. The third kappa shape index (κ3) is 9.29. The molecule has 1 rings (SSSR count). The second kappa shape index (κ2) is 12.7. The van der Waals surface area contributed by atoms with E-state index in [1.165, 1.54) is 5.56 Å². The molecule has 1 atom stereocenters. The Labute approximate surface area is 136 Å². The molecule has 1 unspecified atom stereocenters. The summed E-state index contributed by atoms with van der Waals surface area (Å²) in [4.78, 5) is 0. The van der Waals surface area contributed by atoms with Gasteiger partial charge in [-0.25, -0.2) is 0 Å². The third-order valence-corrected chi connectivity index (χ3v) is 5.12. The first kappa shape index (κ1) is 21.2. The highest BCUT2D eigenvalue weighted by molar-refractivity contribution is 6.53. The van der Waals surface area contributed by atoms with Crippen molar-refractivity contribution in [2.24, 2.45) is 5.73 Å². The predicted molar refractivity (Wildman–Crippen MR) is 91.2 cm³/mol. The molecule has 0 bridgehead atoms. The monoisotopic (exact) mass is 329 g/mol. The van der Waals surface area contributed by atoms with Crippen LogP contribution >= 0.6 is 0 Å². The molecule has 0 aliphatic rings. The molecule has 0 radical (unpaired) electrons. The second-order valence-corrected chi connectivity index (χ2v) is 6.62.